The summed E-state index contributed by atoms with van der Waals surface area (Å²) in [7, 11) is 0. The number of ketones is 3. The van der Waals surface area contributed by atoms with Crippen LogP contribution in [0.3, 0.4) is 0 Å². The summed E-state index contributed by atoms with van der Waals surface area (Å²) in [4.78, 5) is 131. The molecule has 3 rings (SSSR count). The molecule has 0 aliphatic heterocycles. The standard InChI is InChI=1S/C23H33FN2O6.C23H34N2O7.C14H17FN2O4.ClH/c1-14(27)15-8-9-16(13-24)18(12-15)25-19(28)11-10-17(20(29)31-22(2,3)4)26-21(30)32-23(5,6)7;1-14(27)15-8-9-16(13-26)18(12-15)24-19(28)11-10-17(20(29)31-22(2,3)4)25-21(30)32-23(5,6)7;1-8(18)9-2-3-10(7-15)12(6-9)17-13(19)5-4-11(16)14(20)21;/h8-9,12,17H,10-11,13H2,1-7H3,(H,25,28)(H,26,30);8-9,12,17,26H,10-11,13H2,1-7H3,(H,24,28)(H,25,30);2-3,6,11H,4-5,7,16H2,1H3,(H,17,19)(H,20,21);1H/t2*17-;11-;/m000./s1. The predicted octanol–water partition coefficient (Wildman–Crippen LogP) is 9.56. The third-order valence-corrected chi connectivity index (χ3v) is 10.9. The second-order valence-electron chi connectivity index (χ2n) is 23.4. The number of hydrogen-bond acceptors (Lipinski definition) is 17. The average molecular weight is 1240 g/mol. The number of halogens is 3. The van der Waals surface area contributed by atoms with E-state index in [9.17, 15) is 66.6 Å². The largest absolute Gasteiger partial charge is 0.480 e. The number of benzene rings is 3. The van der Waals surface area contributed by atoms with Gasteiger partial charge in [0.05, 0.1) is 6.61 Å². The molecule has 26 heteroatoms. The first-order valence-electron chi connectivity index (χ1n) is 27.0. The summed E-state index contributed by atoms with van der Waals surface area (Å²) in [5, 5.41) is 30.7. The van der Waals surface area contributed by atoms with E-state index in [0.29, 0.717) is 27.9 Å². The molecule has 478 valence electrons. The molecule has 0 heterocycles. The summed E-state index contributed by atoms with van der Waals surface area (Å²) in [6.07, 6.45) is -2.17. The van der Waals surface area contributed by atoms with Gasteiger partial charge in [0.25, 0.3) is 0 Å². The minimum atomic E-state index is -1.19. The lowest BCUT2D eigenvalue weighted by molar-refractivity contribution is -0.158. The fourth-order valence-corrected chi connectivity index (χ4v) is 6.85. The molecule has 0 bridgehead atoms. The van der Waals surface area contributed by atoms with Crippen LogP contribution in [0.5, 0.6) is 0 Å². The van der Waals surface area contributed by atoms with Gasteiger partial charge in [-0.15, -0.1) is 12.4 Å². The Morgan fingerprint density at radius 1 is 0.477 bits per heavy atom. The number of alkyl carbamates (subject to hydrolysis) is 2. The lowest BCUT2D eigenvalue weighted by Gasteiger charge is -2.26. The third-order valence-electron chi connectivity index (χ3n) is 10.9. The monoisotopic (exact) mass is 1230 g/mol. The van der Waals surface area contributed by atoms with Crippen molar-refractivity contribution >= 4 is 94.6 Å². The molecule has 23 nitrogen and oxygen atoms in total. The Labute approximate surface area is 506 Å². The summed E-state index contributed by atoms with van der Waals surface area (Å²) in [5.41, 5.74) is 4.85. The van der Waals surface area contributed by atoms with E-state index < -0.39 is 102 Å². The van der Waals surface area contributed by atoms with Crippen molar-refractivity contribution in [2.45, 2.75) is 203 Å². The minimum absolute atomic E-state index is 0. The first kappa shape index (κ1) is 78.1. The molecule has 0 aliphatic carbocycles. The van der Waals surface area contributed by atoms with Gasteiger partial charge in [0, 0.05) is 69.7 Å². The number of hydrogen-bond donors (Lipinski definition) is 8. The second-order valence-corrected chi connectivity index (χ2v) is 23.4. The van der Waals surface area contributed by atoms with Crippen molar-refractivity contribution < 1.29 is 90.7 Å². The van der Waals surface area contributed by atoms with Gasteiger partial charge in [0.1, 0.15) is 53.9 Å². The van der Waals surface area contributed by atoms with Crippen molar-refractivity contribution in [2.24, 2.45) is 5.73 Å². The van der Waals surface area contributed by atoms with E-state index in [1.54, 1.807) is 95.2 Å². The predicted molar refractivity (Wildman–Crippen MR) is 319 cm³/mol. The van der Waals surface area contributed by atoms with Crippen LogP contribution in [0.4, 0.5) is 35.4 Å². The van der Waals surface area contributed by atoms with Gasteiger partial charge in [0.15, 0.2) is 17.3 Å². The van der Waals surface area contributed by atoms with E-state index in [1.165, 1.54) is 63.2 Å². The fourth-order valence-electron chi connectivity index (χ4n) is 6.85. The molecule has 9 N–H and O–H groups in total. The molecule has 0 aromatic heterocycles. The number of carboxylic acid groups (broad SMARTS) is 1. The lowest BCUT2D eigenvalue weighted by Crippen LogP contribution is -2.46. The lowest BCUT2D eigenvalue weighted by atomic mass is 10.1. The number of carboxylic acids is 1. The molecule has 3 aromatic rings. The van der Waals surface area contributed by atoms with Crippen LogP contribution in [-0.4, -0.2) is 116 Å². The first-order valence-corrected chi connectivity index (χ1v) is 27.0. The summed E-state index contributed by atoms with van der Waals surface area (Å²) >= 11 is 0. The van der Waals surface area contributed by atoms with Crippen molar-refractivity contribution in [1.29, 1.82) is 0 Å². The Kier molecular flexibility index (Phi) is 32.3. The molecule has 0 unspecified atom stereocenters. The molecule has 3 atom stereocenters. The Balaban J connectivity index is 0.00000128. The molecule has 0 fully saturated rings. The summed E-state index contributed by atoms with van der Waals surface area (Å²) < 4.78 is 47.2. The van der Waals surface area contributed by atoms with Gasteiger partial charge < -0.3 is 61.5 Å². The number of aliphatic hydroxyl groups is 1. The smallest absolute Gasteiger partial charge is 0.408 e. The van der Waals surface area contributed by atoms with E-state index in [4.69, 9.17) is 29.8 Å². The van der Waals surface area contributed by atoms with Gasteiger partial charge in [-0.05, 0) is 141 Å². The van der Waals surface area contributed by atoms with E-state index in [0.717, 1.165) is 0 Å². The van der Waals surface area contributed by atoms with Crippen LogP contribution >= 0.6 is 12.4 Å². The third kappa shape index (κ3) is 31.8. The SMILES string of the molecule is CC(=O)c1ccc(CF)c(NC(=O)CC[C@H](N)C(=O)O)c1.CC(=O)c1ccc(CF)c(NC(=O)CC[C@H](NC(=O)OC(C)(C)C)C(=O)OC(C)(C)C)c1.CC(=O)c1ccc(CO)c(NC(=O)CC[C@H](NC(=O)OC(C)(C)C)C(=O)OC(C)(C)C)c1.Cl. The number of nitrogens with one attached hydrogen (secondary N) is 5. The zero-order chi connectivity index (χ0) is 65.4. The quantitative estimate of drug-likeness (QED) is 0.0249. The van der Waals surface area contributed by atoms with Crippen LogP contribution in [-0.2, 0) is 67.7 Å². The second kappa shape index (κ2) is 35.5. The number of esters is 2. The molecule has 5 amide bonds. The van der Waals surface area contributed by atoms with Crippen LogP contribution in [0.1, 0.15) is 190 Å². The highest BCUT2D eigenvalue weighted by Crippen LogP contribution is 2.24. The average Bonchev–Trinajstić information content (AvgIpc) is 3.09. The maximum absolute atomic E-state index is 13.3. The Bertz CT molecular complexity index is 2730. The molecule has 3 aromatic carbocycles. The van der Waals surface area contributed by atoms with E-state index in [2.05, 4.69) is 26.6 Å². The first-order chi connectivity index (χ1) is 39.1. The number of aliphatic carboxylic acids is 1. The molecular weight excluding hydrogens is 1150 g/mol. The number of anilines is 3. The van der Waals surface area contributed by atoms with Gasteiger partial charge in [0.2, 0.25) is 17.7 Å². The summed E-state index contributed by atoms with van der Waals surface area (Å²) in [6, 6.07) is 9.86. The number of aliphatic hydroxyl groups excluding tert-OH is 1. The van der Waals surface area contributed by atoms with Gasteiger partial charge in [-0.25, -0.2) is 28.0 Å². The topological polar surface area (TPSA) is 351 Å². The fraction of sp³-hybridized carbons (Fsp3) is 0.517. The molecule has 0 saturated carbocycles. The Morgan fingerprint density at radius 2 is 0.756 bits per heavy atom. The summed E-state index contributed by atoms with van der Waals surface area (Å²) in [6.45, 7) is 22.4. The van der Waals surface area contributed by atoms with E-state index in [-0.39, 0.29) is 97.4 Å². The number of carbonyl (C=O) groups excluding carboxylic acids is 10. The van der Waals surface area contributed by atoms with Crippen molar-refractivity contribution in [1.82, 2.24) is 10.6 Å². The highest BCUT2D eigenvalue weighted by molar-refractivity contribution is 6.00. The molecule has 0 aliphatic rings. The number of alkyl halides is 2. The summed E-state index contributed by atoms with van der Waals surface area (Å²) in [5.74, 6) is -4.66. The van der Waals surface area contributed by atoms with Crippen molar-refractivity contribution in [2.75, 3.05) is 16.0 Å². The van der Waals surface area contributed by atoms with Gasteiger partial charge in [-0.1, -0.05) is 36.4 Å². The number of carbonyl (C=O) groups is 11. The number of rotatable bonds is 23. The minimum Gasteiger partial charge on any atom is -0.480 e. The molecule has 0 saturated heterocycles. The van der Waals surface area contributed by atoms with Crippen LogP contribution < -0.4 is 32.3 Å². The van der Waals surface area contributed by atoms with Gasteiger partial charge >= 0.3 is 30.1 Å². The van der Waals surface area contributed by atoms with Crippen LogP contribution in [0, 0.1) is 0 Å². The zero-order valence-electron chi connectivity index (χ0n) is 51.6. The number of ether oxygens (including phenoxy) is 4. The van der Waals surface area contributed by atoms with Crippen molar-refractivity contribution in [3.63, 3.8) is 0 Å². The maximum atomic E-state index is 13.3. The highest BCUT2D eigenvalue weighted by Gasteiger charge is 2.31. The number of nitrogens with two attached hydrogens (primary N) is 1. The zero-order valence-corrected chi connectivity index (χ0v) is 52.4. The number of Topliss-reactive ketones (excluding diaryl/α,β-unsaturated/α-hetero) is 3. The van der Waals surface area contributed by atoms with Crippen molar-refractivity contribution in [3.05, 3.63) is 88.0 Å². The Morgan fingerprint density at radius 3 is 1.01 bits per heavy atom. The van der Waals surface area contributed by atoms with Gasteiger partial charge in [-0.2, -0.15) is 0 Å². The van der Waals surface area contributed by atoms with Crippen LogP contribution in [0.15, 0.2) is 54.6 Å². The molecule has 86 heavy (non-hydrogen) atoms. The van der Waals surface area contributed by atoms with Crippen LogP contribution in [0.2, 0.25) is 0 Å². The maximum Gasteiger partial charge on any atom is 0.408 e. The van der Waals surface area contributed by atoms with E-state index >= 15 is 0 Å². The number of amides is 5. The van der Waals surface area contributed by atoms with Gasteiger partial charge in [-0.3, -0.25) is 33.6 Å². The highest BCUT2D eigenvalue weighted by atomic mass is 35.5. The van der Waals surface area contributed by atoms with Crippen molar-refractivity contribution in [3.8, 4) is 0 Å². The van der Waals surface area contributed by atoms with Crippen LogP contribution in [0.25, 0.3) is 0 Å². The molecule has 0 radical (unpaired) electrons. The Hall–Kier alpha value is -7.90. The normalized spacial score (nSPS) is 12.2. The molecule has 0 spiro atoms. The van der Waals surface area contributed by atoms with E-state index in [1.807, 2.05) is 0 Å². The molecular formula is C60H85ClF2N6O17.